The van der Waals surface area contributed by atoms with Crippen molar-refractivity contribution < 1.29 is 4.79 Å². The van der Waals surface area contributed by atoms with Gasteiger partial charge in [-0.3, -0.25) is 9.78 Å². The molecule has 0 atom stereocenters. The minimum absolute atomic E-state index is 0.300. The lowest BCUT2D eigenvalue weighted by Gasteiger charge is -2.06. The summed E-state index contributed by atoms with van der Waals surface area (Å²) in [5, 5.41) is 11.0. The number of pyridine rings is 2. The van der Waals surface area contributed by atoms with Gasteiger partial charge in [0.15, 0.2) is 5.82 Å². The predicted octanol–water partition coefficient (Wildman–Crippen LogP) is 4.14. The van der Waals surface area contributed by atoms with Crippen LogP contribution < -0.4 is 5.32 Å². The maximum Gasteiger partial charge on any atom is 0.274 e. The summed E-state index contributed by atoms with van der Waals surface area (Å²) in [6.45, 7) is 0. The van der Waals surface area contributed by atoms with E-state index in [4.69, 9.17) is 0 Å². The second-order valence-electron chi connectivity index (χ2n) is 4.57. The molecule has 23 heavy (non-hydrogen) atoms. The summed E-state index contributed by atoms with van der Waals surface area (Å²) >= 11 is 0. The molecule has 6 nitrogen and oxygen atoms in total. The Bertz CT molecular complexity index is 819. The van der Waals surface area contributed by atoms with Crippen molar-refractivity contribution in [2.24, 2.45) is 10.2 Å². The van der Waals surface area contributed by atoms with Gasteiger partial charge in [-0.05, 0) is 36.4 Å². The van der Waals surface area contributed by atoms with Crippen molar-refractivity contribution in [3.05, 3.63) is 78.8 Å². The van der Waals surface area contributed by atoms with Crippen molar-refractivity contribution in [2.75, 3.05) is 5.32 Å². The molecule has 0 aliphatic heterocycles. The molecule has 1 aromatic carbocycles. The molecule has 0 aliphatic carbocycles. The number of carbonyl (C=O) groups is 1. The molecule has 3 rings (SSSR count). The molecule has 0 spiro atoms. The lowest BCUT2D eigenvalue weighted by Crippen LogP contribution is -2.13. The number of carbonyl (C=O) groups excluding carboxylic acids is 1. The summed E-state index contributed by atoms with van der Waals surface area (Å²) in [4.78, 5) is 20.3. The van der Waals surface area contributed by atoms with Gasteiger partial charge in [-0.25, -0.2) is 4.98 Å². The monoisotopic (exact) mass is 303 g/mol. The Labute approximate surface area is 133 Å². The van der Waals surface area contributed by atoms with Crippen LogP contribution in [0.2, 0.25) is 0 Å². The number of aromatic nitrogens is 2. The molecular weight excluding hydrogens is 290 g/mol. The zero-order chi connectivity index (χ0) is 15.9. The van der Waals surface area contributed by atoms with Gasteiger partial charge in [0.25, 0.3) is 5.91 Å². The van der Waals surface area contributed by atoms with Crippen LogP contribution in [0.5, 0.6) is 0 Å². The van der Waals surface area contributed by atoms with Crippen molar-refractivity contribution >= 4 is 23.1 Å². The molecule has 0 radical (unpaired) electrons. The molecule has 6 heteroatoms. The molecule has 0 saturated carbocycles. The van der Waals surface area contributed by atoms with Crippen LogP contribution in [0.1, 0.15) is 10.5 Å². The maximum atomic E-state index is 12.2. The van der Waals surface area contributed by atoms with E-state index < -0.39 is 0 Å². The van der Waals surface area contributed by atoms with Gasteiger partial charge in [0.2, 0.25) is 0 Å². The van der Waals surface area contributed by atoms with Crippen molar-refractivity contribution in [2.45, 2.75) is 0 Å². The van der Waals surface area contributed by atoms with Crippen molar-refractivity contribution in [1.29, 1.82) is 0 Å². The van der Waals surface area contributed by atoms with E-state index in [1.807, 2.05) is 18.2 Å². The first-order chi connectivity index (χ1) is 11.3. The fourth-order valence-corrected chi connectivity index (χ4v) is 1.87. The first-order valence-electron chi connectivity index (χ1n) is 6.97. The fourth-order valence-electron chi connectivity index (χ4n) is 1.87. The van der Waals surface area contributed by atoms with E-state index in [-0.39, 0.29) is 5.91 Å². The molecule has 0 saturated heterocycles. The van der Waals surface area contributed by atoms with E-state index in [0.29, 0.717) is 22.9 Å². The van der Waals surface area contributed by atoms with Gasteiger partial charge < -0.3 is 5.32 Å². The number of benzene rings is 1. The highest BCUT2D eigenvalue weighted by Gasteiger charge is 2.09. The Morgan fingerprint density at radius 3 is 2.30 bits per heavy atom. The summed E-state index contributed by atoms with van der Waals surface area (Å²) < 4.78 is 0. The minimum Gasteiger partial charge on any atom is -0.319 e. The number of rotatable bonds is 4. The smallest absolute Gasteiger partial charge is 0.274 e. The van der Waals surface area contributed by atoms with Crippen LogP contribution >= 0.6 is 0 Å². The summed E-state index contributed by atoms with van der Waals surface area (Å²) in [7, 11) is 0. The highest BCUT2D eigenvalue weighted by atomic mass is 16.1. The summed E-state index contributed by atoms with van der Waals surface area (Å²) in [5.74, 6) is 0.199. The Morgan fingerprint density at radius 2 is 1.57 bits per heavy atom. The molecule has 2 heterocycles. The van der Waals surface area contributed by atoms with Gasteiger partial charge in [0, 0.05) is 12.4 Å². The van der Waals surface area contributed by atoms with E-state index in [0.717, 1.165) is 0 Å². The molecule has 0 unspecified atom stereocenters. The molecule has 0 aliphatic rings. The molecule has 1 amide bonds. The zero-order valence-corrected chi connectivity index (χ0v) is 12.1. The number of amides is 1. The number of nitrogens with zero attached hydrogens (tertiary/aromatic N) is 4. The van der Waals surface area contributed by atoms with Gasteiger partial charge in [0.1, 0.15) is 11.4 Å². The van der Waals surface area contributed by atoms with Crippen LogP contribution in [0.25, 0.3) is 0 Å². The van der Waals surface area contributed by atoms with E-state index >= 15 is 0 Å². The Kier molecular flexibility index (Phi) is 4.44. The van der Waals surface area contributed by atoms with Gasteiger partial charge >= 0.3 is 0 Å². The molecule has 2 aromatic heterocycles. The molecule has 112 valence electrons. The number of nitrogens with one attached hydrogen (secondary N) is 1. The van der Waals surface area contributed by atoms with Crippen LogP contribution in [0.4, 0.5) is 17.2 Å². The Balaban J connectivity index is 1.81. The fraction of sp³-hybridized carbons (Fsp3) is 0. The summed E-state index contributed by atoms with van der Waals surface area (Å²) in [6.07, 6.45) is 3.21. The van der Waals surface area contributed by atoms with E-state index in [1.54, 1.807) is 54.9 Å². The summed E-state index contributed by atoms with van der Waals surface area (Å²) in [5.41, 5.74) is 1.44. The minimum atomic E-state index is -0.300. The highest BCUT2D eigenvalue weighted by molar-refractivity contribution is 6.04. The number of azo groups is 1. The van der Waals surface area contributed by atoms with Crippen LogP contribution in [-0.2, 0) is 0 Å². The maximum absolute atomic E-state index is 12.2. The number of anilines is 1. The Morgan fingerprint density at radius 1 is 0.826 bits per heavy atom. The SMILES string of the molecule is O=C(Nc1ccccc1N=Nc1ccccn1)c1ccccn1. The second kappa shape index (κ2) is 7.04. The lowest BCUT2D eigenvalue weighted by atomic mass is 10.2. The normalized spacial score (nSPS) is 10.6. The van der Waals surface area contributed by atoms with E-state index in [9.17, 15) is 4.79 Å². The third kappa shape index (κ3) is 3.82. The topological polar surface area (TPSA) is 79.6 Å². The third-order valence-corrected chi connectivity index (χ3v) is 2.96. The number of hydrogen-bond donors (Lipinski definition) is 1. The van der Waals surface area contributed by atoms with Crippen molar-refractivity contribution in [1.82, 2.24) is 9.97 Å². The number of para-hydroxylation sites is 1. The average Bonchev–Trinajstić information content (AvgIpc) is 2.62. The number of hydrogen-bond acceptors (Lipinski definition) is 5. The van der Waals surface area contributed by atoms with Crippen LogP contribution in [0.15, 0.2) is 83.3 Å². The van der Waals surface area contributed by atoms with Gasteiger partial charge in [-0.15, -0.1) is 10.2 Å². The molecular formula is C17H13N5O. The molecule has 3 aromatic rings. The van der Waals surface area contributed by atoms with Gasteiger partial charge in [-0.1, -0.05) is 24.3 Å². The van der Waals surface area contributed by atoms with Crippen LogP contribution in [0.3, 0.4) is 0 Å². The average molecular weight is 303 g/mol. The Hall–Kier alpha value is -3.41. The van der Waals surface area contributed by atoms with Gasteiger partial charge in [-0.2, -0.15) is 0 Å². The first kappa shape index (κ1) is 14.5. The third-order valence-electron chi connectivity index (χ3n) is 2.96. The summed E-state index contributed by atoms with van der Waals surface area (Å²) in [6, 6.07) is 17.7. The first-order valence-corrected chi connectivity index (χ1v) is 6.97. The lowest BCUT2D eigenvalue weighted by molar-refractivity contribution is 0.102. The van der Waals surface area contributed by atoms with E-state index in [2.05, 4.69) is 25.5 Å². The predicted molar refractivity (Wildman–Crippen MR) is 87.0 cm³/mol. The van der Waals surface area contributed by atoms with Gasteiger partial charge in [0.05, 0.1) is 5.69 Å². The highest BCUT2D eigenvalue weighted by Crippen LogP contribution is 2.26. The largest absolute Gasteiger partial charge is 0.319 e. The molecule has 1 N–H and O–H groups in total. The quantitative estimate of drug-likeness (QED) is 0.735. The van der Waals surface area contributed by atoms with Crippen molar-refractivity contribution in [3.63, 3.8) is 0 Å². The zero-order valence-electron chi connectivity index (χ0n) is 12.1. The van der Waals surface area contributed by atoms with Crippen LogP contribution in [0, 0.1) is 0 Å². The molecule has 0 fully saturated rings. The van der Waals surface area contributed by atoms with E-state index in [1.165, 1.54) is 0 Å². The second-order valence-corrected chi connectivity index (χ2v) is 4.57. The standard InChI is InChI=1S/C17H13N5O/c23-17(15-9-3-5-11-18-15)20-13-7-1-2-8-14(13)21-22-16-10-4-6-12-19-16/h1-12H,(H,20,23). The van der Waals surface area contributed by atoms with Crippen molar-refractivity contribution in [3.8, 4) is 0 Å². The molecule has 0 bridgehead atoms. The van der Waals surface area contributed by atoms with Crippen LogP contribution in [-0.4, -0.2) is 15.9 Å².